The zero-order valence-corrected chi connectivity index (χ0v) is 10.6. The standard InChI is InChI=1S/C12H15N3O3/c1-7-12(8(2)15(3)14-7)9-6-13-10(18-9)4-5-11(16)17/h6H,4-5H2,1-3H3,(H,16,17). The zero-order chi connectivity index (χ0) is 13.3. The van der Waals surface area contributed by atoms with Crippen molar-refractivity contribution in [2.75, 3.05) is 0 Å². The predicted molar refractivity (Wildman–Crippen MR) is 64.1 cm³/mol. The summed E-state index contributed by atoms with van der Waals surface area (Å²) in [7, 11) is 1.87. The Morgan fingerprint density at radius 2 is 2.22 bits per heavy atom. The summed E-state index contributed by atoms with van der Waals surface area (Å²) in [6.45, 7) is 3.86. The van der Waals surface area contributed by atoms with Gasteiger partial charge in [0, 0.05) is 19.2 Å². The Kier molecular flexibility index (Phi) is 3.18. The Labute approximate surface area is 104 Å². The molecule has 0 fully saturated rings. The maximum Gasteiger partial charge on any atom is 0.303 e. The number of rotatable bonds is 4. The van der Waals surface area contributed by atoms with Crippen molar-refractivity contribution in [2.45, 2.75) is 26.7 Å². The van der Waals surface area contributed by atoms with Gasteiger partial charge in [-0.2, -0.15) is 5.10 Å². The molecule has 0 saturated carbocycles. The van der Waals surface area contributed by atoms with E-state index in [0.717, 1.165) is 17.0 Å². The third kappa shape index (κ3) is 2.27. The SMILES string of the molecule is Cc1nn(C)c(C)c1-c1cnc(CCC(=O)O)o1. The van der Waals surface area contributed by atoms with Gasteiger partial charge in [0.15, 0.2) is 11.7 Å². The fraction of sp³-hybridized carbons (Fsp3) is 0.417. The molecule has 0 aliphatic heterocycles. The van der Waals surface area contributed by atoms with E-state index in [1.54, 1.807) is 10.9 Å². The quantitative estimate of drug-likeness (QED) is 0.892. The van der Waals surface area contributed by atoms with E-state index < -0.39 is 5.97 Å². The summed E-state index contributed by atoms with van der Waals surface area (Å²) >= 11 is 0. The fourth-order valence-corrected chi connectivity index (χ4v) is 1.89. The number of carbonyl (C=O) groups is 1. The first kappa shape index (κ1) is 12.3. The topological polar surface area (TPSA) is 81.2 Å². The van der Waals surface area contributed by atoms with Gasteiger partial charge in [-0.15, -0.1) is 0 Å². The molecule has 1 N–H and O–H groups in total. The number of hydrogen-bond donors (Lipinski definition) is 1. The van der Waals surface area contributed by atoms with Gasteiger partial charge in [0.1, 0.15) is 0 Å². The second kappa shape index (κ2) is 4.64. The molecule has 2 aromatic rings. The van der Waals surface area contributed by atoms with Crippen molar-refractivity contribution in [1.29, 1.82) is 0 Å². The molecule has 0 spiro atoms. The summed E-state index contributed by atoms with van der Waals surface area (Å²) in [5, 5.41) is 12.9. The molecule has 6 nitrogen and oxygen atoms in total. The smallest absolute Gasteiger partial charge is 0.303 e. The molecule has 0 aliphatic carbocycles. The lowest BCUT2D eigenvalue weighted by atomic mass is 10.1. The molecule has 0 aromatic carbocycles. The number of aryl methyl sites for hydroxylation is 3. The van der Waals surface area contributed by atoms with Crippen molar-refractivity contribution < 1.29 is 14.3 Å². The molecule has 2 aromatic heterocycles. The Balaban J connectivity index is 2.26. The molecule has 0 amide bonds. The largest absolute Gasteiger partial charge is 0.481 e. The van der Waals surface area contributed by atoms with E-state index in [9.17, 15) is 4.79 Å². The van der Waals surface area contributed by atoms with Gasteiger partial charge in [0.25, 0.3) is 0 Å². The normalized spacial score (nSPS) is 10.8. The molecule has 2 heterocycles. The van der Waals surface area contributed by atoms with E-state index in [1.807, 2.05) is 20.9 Å². The van der Waals surface area contributed by atoms with Crippen molar-refractivity contribution in [3.8, 4) is 11.3 Å². The van der Waals surface area contributed by atoms with Crippen LogP contribution in [0.25, 0.3) is 11.3 Å². The average molecular weight is 249 g/mol. The van der Waals surface area contributed by atoms with Crippen LogP contribution in [-0.2, 0) is 18.3 Å². The Morgan fingerprint density at radius 1 is 1.50 bits per heavy atom. The lowest BCUT2D eigenvalue weighted by molar-refractivity contribution is -0.137. The second-order valence-electron chi connectivity index (χ2n) is 4.18. The minimum Gasteiger partial charge on any atom is -0.481 e. The van der Waals surface area contributed by atoms with Crippen LogP contribution in [0.4, 0.5) is 0 Å². The molecule has 0 atom stereocenters. The van der Waals surface area contributed by atoms with Crippen LogP contribution in [0.2, 0.25) is 0 Å². The van der Waals surface area contributed by atoms with E-state index in [-0.39, 0.29) is 6.42 Å². The highest BCUT2D eigenvalue weighted by Gasteiger charge is 2.16. The van der Waals surface area contributed by atoms with Crippen molar-refractivity contribution in [3.05, 3.63) is 23.5 Å². The number of nitrogens with zero attached hydrogens (tertiary/aromatic N) is 3. The number of carboxylic acids is 1. The third-order valence-corrected chi connectivity index (χ3v) is 2.86. The van der Waals surface area contributed by atoms with Gasteiger partial charge in [0.05, 0.1) is 23.9 Å². The van der Waals surface area contributed by atoms with Gasteiger partial charge in [0.2, 0.25) is 0 Å². The Morgan fingerprint density at radius 3 is 2.78 bits per heavy atom. The highest BCUT2D eigenvalue weighted by Crippen LogP contribution is 2.27. The lowest BCUT2D eigenvalue weighted by Crippen LogP contribution is -1.97. The van der Waals surface area contributed by atoms with E-state index >= 15 is 0 Å². The highest BCUT2D eigenvalue weighted by molar-refractivity contribution is 5.67. The van der Waals surface area contributed by atoms with Crippen LogP contribution >= 0.6 is 0 Å². The summed E-state index contributed by atoms with van der Waals surface area (Å²) in [5.41, 5.74) is 2.79. The highest BCUT2D eigenvalue weighted by atomic mass is 16.4. The van der Waals surface area contributed by atoms with E-state index in [2.05, 4.69) is 10.1 Å². The van der Waals surface area contributed by atoms with E-state index in [1.165, 1.54) is 0 Å². The predicted octanol–water partition coefficient (Wildman–Crippen LogP) is 1.71. The van der Waals surface area contributed by atoms with Gasteiger partial charge < -0.3 is 9.52 Å². The van der Waals surface area contributed by atoms with Gasteiger partial charge >= 0.3 is 5.97 Å². The van der Waals surface area contributed by atoms with Gasteiger partial charge in [-0.05, 0) is 13.8 Å². The first-order valence-corrected chi connectivity index (χ1v) is 5.66. The van der Waals surface area contributed by atoms with Crippen molar-refractivity contribution >= 4 is 5.97 Å². The van der Waals surface area contributed by atoms with Crippen molar-refractivity contribution in [1.82, 2.24) is 14.8 Å². The monoisotopic (exact) mass is 249 g/mol. The number of carboxylic acid groups (broad SMARTS) is 1. The molecule has 0 radical (unpaired) electrons. The van der Waals surface area contributed by atoms with Crippen LogP contribution in [0, 0.1) is 13.8 Å². The van der Waals surface area contributed by atoms with Gasteiger partial charge in [-0.1, -0.05) is 0 Å². The summed E-state index contributed by atoms with van der Waals surface area (Å²) in [5.74, 6) is 0.219. The van der Waals surface area contributed by atoms with E-state index in [0.29, 0.717) is 18.1 Å². The summed E-state index contributed by atoms with van der Waals surface area (Å²) in [6, 6.07) is 0. The molecule has 0 aliphatic rings. The van der Waals surface area contributed by atoms with Crippen LogP contribution in [0.3, 0.4) is 0 Å². The molecule has 0 bridgehead atoms. The van der Waals surface area contributed by atoms with Crippen LogP contribution in [-0.4, -0.2) is 25.8 Å². The summed E-state index contributed by atoms with van der Waals surface area (Å²) < 4.78 is 7.35. The first-order valence-electron chi connectivity index (χ1n) is 5.66. The molecular formula is C12H15N3O3. The molecule has 0 unspecified atom stereocenters. The minimum absolute atomic E-state index is 0.0188. The lowest BCUT2D eigenvalue weighted by Gasteiger charge is -1.97. The Bertz CT molecular complexity index is 583. The van der Waals surface area contributed by atoms with Crippen LogP contribution in [0.1, 0.15) is 23.7 Å². The maximum absolute atomic E-state index is 10.5. The van der Waals surface area contributed by atoms with Gasteiger partial charge in [-0.25, -0.2) is 4.98 Å². The summed E-state index contributed by atoms with van der Waals surface area (Å²) in [4.78, 5) is 14.6. The molecular weight excluding hydrogens is 234 g/mol. The second-order valence-corrected chi connectivity index (χ2v) is 4.18. The minimum atomic E-state index is -0.858. The first-order chi connectivity index (χ1) is 8.49. The van der Waals surface area contributed by atoms with Gasteiger partial charge in [-0.3, -0.25) is 9.48 Å². The molecule has 18 heavy (non-hydrogen) atoms. The third-order valence-electron chi connectivity index (χ3n) is 2.86. The average Bonchev–Trinajstić information content (AvgIpc) is 2.83. The number of oxazole rings is 1. The number of aromatic nitrogens is 3. The fourth-order valence-electron chi connectivity index (χ4n) is 1.89. The maximum atomic E-state index is 10.5. The van der Waals surface area contributed by atoms with Crippen LogP contribution < -0.4 is 0 Å². The molecule has 0 saturated heterocycles. The molecule has 6 heteroatoms. The van der Waals surface area contributed by atoms with Crippen LogP contribution in [0.5, 0.6) is 0 Å². The molecule has 96 valence electrons. The Hall–Kier alpha value is -2.11. The van der Waals surface area contributed by atoms with E-state index in [4.69, 9.17) is 9.52 Å². The van der Waals surface area contributed by atoms with Crippen LogP contribution in [0.15, 0.2) is 10.6 Å². The van der Waals surface area contributed by atoms with Crippen molar-refractivity contribution in [3.63, 3.8) is 0 Å². The molecule has 2 rings (SSSR count). The number of aliphatic carboxylic acids is 1. The summed E-state index contributed by atoms with van der Waals surface area (Å²) in [6.07, 6.45) is 1.94. The number of hydrogen-bond acceptors (Lipinski definition) is 4. The zero-order valence-electron chi connectivity index (χ0n) is 10.6. The van der Waals surface area contributed by atoms with Crippen molar-refractivity contribution in [2.24, 2.45) is 7.05 Å².